The molecule has 0 saturated carbocycles. The normalized spacial score (nSPS) is 11.5. The maximum Gasteiger partial charge on any atom is 0.407 e. The van der Waals surface area contributed by atoms with Crippen LogP contribution in [0, 0.1) is 0 Å². The van der Waals surface area contributed by atoms with Gasteiger partial charge in [-0.05, 0) is 29.7 Å². The summed E-state index contributed by atoms with van der Waals surface area (Å²) in [6, 6.07) is 15.7. The molecule has 0 aliphatic rings. The summed E-state index contributed by atoms with van der Waals surface area (Å²) in [5, 5.41) is 11.7. The van der Waals surface area contributed by atoms with E-state index < -0.39 is 12.1 Å². The van der Waals surface area contributed by atoms with E-state index in [2.05, 4.69) is 5.32 Å². The average Bonchev–Trinajstić information content (AvgIpc) is 2.59. The topological polar surface area (TPSA) is 75.6 Å². The molecule has 1 atom stereocenters. The van der Waals surface area contributed by atoms with Gasteiger partial charge in [-0.15, -0.1) is 0 Å². The lowest BCUT2D eigenvalue weighted by Gasteiger charge is -2.17. The molecular formula is C18H19NO4. The molecular weight excluding hydrogens is 294 g/mol. The Labute approximate surface area is 134 Å². The lowest BCUT2D eigenvalue weighted by Crippen LogP contribution is -2.28. The van der Waals surface area contributed by atoms with Crippen LogP contribution in [0.25, 0.3) is 0 Å². The van der Waals surface area contributed by atoms with Gasteiger partial charge in [0.1, 0.15) is 6.61 Å². The Hall–Kier alpha value is -2.82. The Kier molecular flexibility index (Phi) is 5.74. The van der Waals surface area contributed by atoms with Gasteiger partial charge in [-0.2, -0.15) is 0 Å². The number of alkyl carbamates (subject to hydrolysis) is 1. The van der Waals surface area contributed by atoms with Crippen molar-refractivity contribution in [3.05, 3.63) is 71.3 Å². The van der Waals surface area contributed by atoms with Crippen molar-refractivity contribution in [2.24, 2.45) is 0 Å². The molecule has 5 heteroatoms. The first-order chi connectivity index (χ1) is 11.1. The Morgan fingerprint density at radius 2 is 1.74 bits per heavy atom. The van der Waals surface area contributed by atoms with Crippen LogP contribution in [0.4, 0.5) is 4.79 Å². The number of ether oxygens (including phenoxy) is 1. The van der Waals surface area contributed by atoms with E-state index in [4.69, 9.17) is 9.84 Å². The van der Waals surface area contributed by atoms with E-state index in [1.54, 1.807) is 12.1 Å². The van der Waals surface area contributed by atoms with E-state index in [0.29, 0.717) is 6.42 Å². The number of aromatic carboxylic acids is 1. The summed E-state index contributed by atoms with van der Waals surface area (Å²) < 4.78 is 5.20. The third kappa shape index (κ3) is 4.85. The minimum Gasteiger partial charge on any atom is -0.478 e. The van der Waals surface area contributed by atoms with E-state index in [1.165, 1.54) is 12.1 Å². The van der Waals surface area contributed by atoms with Crippen molar-refractivity contribution in [1.82, 2.24) is 5.32 Å². The number of hydrogen-bond donors (Lipinski definition) is 2. The summed E-state index contributed by atoms with van der Waals surface area (Å²) in [7, 11) is 0. The highest BCUT2D eigenvalue weighted by Crippen LogP contribution is 2.17. The molecule has 0 aromatic heterocycles. The van der Waals surface area contributed by atoms with Crippen molar-refractivity contribution in [2.75, 3.05) is 0 Å². The molecule has 120 valence electrons. The van der Waals surface area contributed by atoms with E-state index in [-0.39, 0.29) is 18.2 Å². The fraction of sp³-hybridized carbons (Fsp3) is 0.222. The van der Waals surface area contributed by atoms with Crippen molar-refractivity contribution in [3.8, 4) is 0 Å². The second-order valence-electron chi connectivity index (χ2n) is 5.09. The number of carboxylic acid groups (broad SMARTS) is 1. The van der Waals surface area contributed by atoms with Gasteiger partial charge >= 0.3 is 12.1 Å². The first-order valence-electron chi connectivity index (χ1n) is 7.40. The van der Waals surface area contributed by atoms with E-state index in [1.807, 2.05) is 37.3 Å². The quantitative estimate of drug-likeness (QED) is 0.851. The molecule has 0 heterocycles. The third-order valence-electron chi connectivity index (χ3n) is 3.47. The molecule has 1 unspecified atom stereocenters. The van der Waals surface area contributed by atoms with Crippen molar-refractivity contribution in [2.45, 2.75) is 26.0 Å². The molecule has 0 saturated heterocycles. The van der Waals surface area contributed by atoms with Crippen molar-refractivity contribution in [3.63, 3.8) is 0 Å². The Morgan fingerprint density at radius 3 is 2.30 bits per heavy atom. The van der Waals surface area contributed by atoms with Gasteiger partial charge in [0, 0.05) is 0 Å². The van der Waals surface area contributed by atoms with Gasteiger partial charge in [-0.25, -0.2) is 9.59 Å². The van der Waals surface area contributed by atoms with Crippen LogP contribution >= 0.6 is 0 Å². The molecule has 0 spiro atoms. The first kappa shape index (κ1) is 16.5. The van der Waals surface area contributed by atoms with Gasteiger partial charge in [0.2, 0.25) is 0 Å². The van der Waals surface area contributed by atoms with E-state index in [0.717, 1.165) is 11.1 Å². The minimum atomic E-state index is -0.972. The molecule has 0 radical (unpaired) electrons. The minimum absolute atomic E-state index is 0.209. The fourth-order valence-electron chi connectivity index (χ4n) is 2.19. The number of carboxylic acids is 1. The van der Waals surface area contributed by atoms with Crippen LogP contribution in [0.1, 0.15) is 40.9 Å². The van der Waals surface area contributed by atoms with Crippen LogP contribution in [0.2, 0.25) is 0 Å². The monoisotopic (exact) mass is 313 g/mol. The summed E-state index contributed by atoms with van der Waals surface area (Å²) in [6.07, 6.45) is 0.176. The third-order valence-corrected chi connectivity index (χ3v) is 3.47. The largest absolute Gasteiger partial charge is 0.478 e. The van der Waals surface area contributed by atoms with Crippen molar-refractivity contribution >= 4 is 12.1 Å². The zero-order valence-corrected chi connectivity index (χ0v) is 12.9. The summed E-state index contributed by atoms with van der Waals surface area (Å²) in [5.41, 5.74) is 1.98. The molecule has 0 bridgehead atoms. The summed E-state index contributed by atoms with van der Waals surface area (Å²) in [4.78, 5) is 22.8. The second kappa shape index (κ2) is 7.98. The van der Waals surface area contributed by atoms with Crippen LogP contribution in [-0.2, 0) is 11.3 Å². The number of rotatable bonds is 6. The Balaban J connectivity index is 1.93. The molecule has 0 aliphatic carbocycles. The zero-order valence-electron chi connectivity index (χ0n) is 12.9. The van der Waals surface area contributed by atoms with Crippen LogP contribution in [0.15, 0.2) is 54.6 Å². The summed E-state index contributed by atoms with van der Waals surface area (Å²) in [5.74, 6) is -0.972. The Bertz CT molecular complexity index is 652. The van der Waals surface area contributed by atoms with Gasteiger partial charge in [-0.1, -0.05) is 49.4 Å². The maximum absolute atomic E-state index is 11.9. The molecule has 2 aromatic carbocycles. The fourth-order valence-corrected chi connectivity index (χ4v) is 2.19. The molecule has 1 amide bonds. The molecule has 2 aromatic rings. The SMILES string of the molecule is CCC(NC(=O)OCc1ccccc1)c1ccc(C(=O)O)cc1. The predicted molar refractivity (Wildman–Crippen MR) is 86.2 cm³/mol. The highest BCUT2D eigenvalue weighted by atomic mass is 16.5. The molecule has 5 nitrogen and oxygen atoms in total. The van der Waals surface area contributed by atoms with Crippen LogP contribution in [0.3, 0.4) is 0 Å². The average molecular weight is 313 g/mol. The molecule has 2 N–H and O–H groups in total. The molecule has 0 aliphatic heterocycles. The van der Waals surface area contributed by atoms with Crippen molar-refractivity contribution in [1.29, 1.82) is 0 Å². The number of nitrogens with one attached hydrogen (secondary N) is 1. The van der Waals surface area contributed by atoms with Crippen LogP contribution < -0.4 is 5.32 Å². The maximum atomic E-state index is 11.9. The first-order valence-corrected chi connectivity index (χ1v) is 7.40. The van der Waals surface area contributed by atoms with E-state index >= 15 is 0 Å². The summed E-state index contributed by atoms with van der Waals surface area (Å²) >= 11 is 0. The number of carbonyl (C=O) groups excluding carboxylic acids is 1. The van der Waals surface area contributed by atoms with E-state index in [9.17, 15) is 9.59 Å². The lowest BCUT2D eigenvalue weighted by atomic mass is 10.0. The predicted octanol–water partition coefficient (Wildman–Crippen LogP) is 3.76. The highest BCUT2D eigenvalue weighted by Gasteiger charge is 2.14. The lowest BCUT2D eigenvalue weighted by molar-refractivity contribution is 0.0696. The zero-order chi connectivity index (χ0) is 16.7. The van der Waals surface area contributed by atoms with Crippen LogP contribution in [-0.4, -0.2) is 17.2 Å². The summed E-state index contributed by atoms with van der Waals surface area (Å²) in [6.45, 7) is 2.15. The molecule has 2 rings (SSSR count). The smallest absolute Gasteiger partial charge is 0.407 e. The van der Waals surface area contributed by atoms with Crippen LogP contribution in [0.5, 0.6) is 0 Å². The number of hydrogen-bond acceptors (Lipinski definition) is 3. The Morgan fingerprint density at radius 1 is 1.09 bits per heavy atom. The number of carbonyl (C=O) groups is 2. The highest BCUT2D eigenvalue weighted by molar-refractivity contribution is 5.87. The van der Waals surface area contributed by atoms with Gasteiger partial charge < -0.3 is 15.2 Å². The van der Waals surface area contributed by atoms with Gasteiger partial charge in [0.25, 0.3) is 0 Å². The number of benzene rings is 2. The van der Waals surface area contributed by atoms with Crippen molar-refractivity contribution < 1.29 is 19.4 Å². The van der Waals surface area contributed by atoms with Gasteiger partial charge in [0.05, 0.1) is 11.6 Å². The number of amides is 1. The molecule has 0 fully saturated rings. The standard InChI is InChI=1S/C18H19NO4/c1-2-16(14-8-10-15(11-9-14)17(20)21)19-18(22)23-12-13-6-4-3-5-7-13/h3-11,16H,2,12H2,1H3,(H,19,22)(H,20,21). The molecule has 23 heavy (non-hydrogen) atoms. The second-order valence-corrected chi connectivity index (χ2v) is 5.09. The van der Waals surface area contributed by atoms with Gasteiger partial charge in [-0.3, -0.25) is 0 Å². The van der Waals surface area contributed by atoms with Gasteiger partial charge in [0.15, 0.2) is 0 Å².